The number of benzene rings is 2. The van der Waals surface area contributed by atoms with Gasteiger partial charge in [-0.05, 0) is 50.5 Å². The minimum absolute atomic E-state index is 0.274. The van der Waals surface area contributed by atoms with Crippen LogP contribution in [0.3, 0.4) is 0 Å². The van der Waals surface area contributed by atoms with Gasteiger partial charge < -0.3 is 5.73 Å². The van der Waals surface area contributed by atoms with E-state index in [2.05, 4.69) is 61.3 Å². The predicted octanol–water partition coefficient (Wildman–Crippen LogP) is 5.10. The second kappa shape index (κ2) is 6.41. The molecular weight excluding hydrogens is 306 g/mol. The average Bonchev–Trinajstić information content (AvgIpc) is 2.56. The van der Waals surface area contributed by atoms with E-state index in [1.807, 2.05) is 19.9 Å². The lowest BCUT2D eigenvalue weighted by molar-refractivity contribution is 1.28. The third-order valence-corrected chi connectivity index (χ3v) is 4.50. The summed E-state index contributed by atoms with van der Waals surface area (Å²) in [6.45, 7) is 8.22. The van der Waals surface area contributed by atoms with Gasteiger partial charge in [0.15, 0.2) is 0 Å². The van der Waals surface area contributed by atoms with Crippen LogP contribution in [0.25, 0.3) is 22.4 Å². The van der Waals surface area contributed by atoms with E-state index in [9.17, 15) is 5.26 Å². The predicted molar refractivity (Wildman–Crippen MR) is 103 cm³/mol. The van der Waals surface area contributed by atoms with Crippen molar-refractivity contribution in [2.75, 3.05) is 5.73 Å². The lowest BCUT2D eigenvalue weighted by atomic mass is 9.93. The monoisotopic (exact) mass is 327 g/mol. The van der Waals surface area contributed by atoms with Crippen molar-refractivity contribution in [2.45, 2.75) is 27.7 Å². The van der Waals surface area contributed by atoms with Crippen LogP contribution in [-0.4, -0.2) is 4.98 Å². The van der Waals surface area contributed by atoms with Crippen LogP contribution in [0.1, 0.15) is 27.8 Å². The molecule has 1 heterocycles. The van der Waals surface area contributed by atoms with E-state index in [0.717, 1.165) is 39.1 Å². The third kappa shape index (κ3) is 3.12. The van der Waals surface area contributed by atoms with Gasteiger partial charge in [0.2, 0.25) is 0 Å². The maximum absolute atomic E-state index is 9.60. The normalized spacial score (nSPS) is 10.5. The van der Waals surface area contributed by atoms with Crippen molar-refractivity contribution >= 4 is 5.82 Å². The summed E-state index contributed by atoms with van der Waals surface area (Å²) in [6, 6.07) is 16.7. The van der Waals surface area contributed by atoms with Crippen LogP contribution in [0.5, 0.6) is 0 Å². The Balaban J connectivity index is 2.30. The summed E-state index contributed by atoms with van der Waals surface area (Å²) in [5.74, 6) is 0.274. The van der Waals surface area contributed by atoms with E-state index in [4.69, 9.17) is 5.73 Å². The zero-order valence-corrected chi connectivity index (χ0v) is 15.0. The molecular formula is C22H21N3. The summed E-state index contributed by atoms with van der Waals surface area (Å²) in [7, 11) is 0. The molecule has 3 rings (SSSR count). The third-order valence-electron chi connectivity index (χ3n) is 4.50. The van der Waals surface area contributed by atoms with Crippen molar-refractivity contribution in [3.63, 3.8) is 0 Å². The van der Waals surface area contributed by atoms with Gasteiger partial charge in [0, 0.05) is 11.1 Å². The van der Waals surface area contributed by atoms with Gasteiger partial charge in [-0.1, -0.05) is 47.5 Å². The number of hydrogen-bond acceptors (Lipinski definition) is 3. The highest BCUT2D eigenvalue weighted by Crippen LogP contribution is 2.34. The first-order valence-electron chi connectivity index (χ1n) is 8.26. The Bertz CT molecular complexity index is 1010. The van der Waals surface area contributed by atoms with Crippen LogP contribution in [0.2, 0.25) is 0 Å². The number of aryl methyl sites for hydroxylation is 4. The minimum Gasteiger partial charge on any atom is -0.383 e. The number of pyridine rings is 1. The minimum atomic E-state index is 0.274. The van der Waals surface area contributed by atoms with E-state index in [-0.39, 0.29) is 5.82 Å². The number of nitrogens with two attached hydrogens (primary N) is 1. The number of hydrogen-bond donors (Lipinski definition) is 1. The molecule has 0 amide bonds. The smallest absolute Gasteiger partial charge is 0.142 e. The van der Waals surface area contributed by atoms with E-state index in [0.29, 0.717) is 5.56 Å². The lowest BCUT2D eigenvalue weighted by Gasteiger charge is -2.14. The maximum atomic E-state index is 9.60. The quantitative estimate of drug-likeness (QED) is 0.712. The number of rotatable bonds is 2. The van der Waals surface area contributed by atoms with Crippen LogP contribution >= 0.6 is 0 Å². The van der Waals surface area contributed by atoms with Crippen molar-refractivity contribution in [1.82, 2.24) is 4.98 Å². The van der Waals surface area contributed by atoms with Gasteiger partial charge in [-0.2, -0.15) is 5.26 Å². The van der Waals surface area contributed by atoms with Crippen molar-refractivity contribution in [3.8, 4) is 28.5 Å². The van der Waals surface area contributed by atoms with E-state index < -0.39 is 0 Å². The number of anilines is 1. The number of aromatic nitrogens is 1. The van der Waals surface area contributed by atoms with E-state index >= 15 is 0 Å². The zero-order chi connectivity index (χ0) is 18.1. The van der Waals surface area contributed by atoms with Crippen molar-refractivity contribution in [3.05, 3.63) is 70.3 Å². The van der Waals surface area contributed by atoms with Gasteiger partial charge in [-0.15, -0.1) is 0 Å². The molecule has 25 heavy (non-hydrogen) atoms. The Morgan fingerprint density at radius 2 is 1.48 bits per heavy atom. The fraction of sp³-hybridized carbons (Fsp3) is 0.182. The second-order valence-corrected chi connectivity index (χ2v) is 6.56. The zero-order valence-electron chi connectivity index (χ0n) is 15.0. The average molecular weight is 327 g/mol. The number of nitrogen functional groups attached to an aromatic ring is 1. The van der Waals surface area contributed by atoms with Gasteiger partial charge in [-0.3, -0.25) is 0 Å². The first-order chi connectivity index (χ1) is 11.9. The Hall–Kier alpha value is -3.12. The van der Waals surface area contributed by atoms with Crippen LogP contribution in [0.4, 0.5) is 5.82 Å². The fourth-order valence-corrected chi connectivity index (χ4v) is 3.16. The summed E-state index contributed by atoms with van der Waals surface area (Å²) >= 11 is 0. The Morgan fingerprint density at radius 3 is 2.16 bits per heavy atom. The van der Waals surface area contributed by atoms with E-state index in [1.54, 1.807) is 0 Å². The summed E-state index contributed by atoms with van der Waals surface area (Å²) in [5.41, 5.74) is 14.9. The molecule has 0 unspecified atom stereocenters. The Kier molecular flexibility index (Phi) is 4.29. The standard InChI is InChI=1S/C22H21N3/c1-13-6-8-17(16(4)9-13)21-11-19(20(12-23)22(24)25-21)18-10-14(2)5-7-15(18)3/h5-11H,1-4H3,(H2,24,25). The van der Waals surface area contributed by atoms with Crippen molar-refractivity contribution in [1.29, 1.82) is 5.26 Å². The topological polar surface area (TPSA) is 62.7 Å². The molecule has 0 fully saturated rings. The molecule has 0 atom stereocenters. The van der Waals surface area contributed by atoms with Gasteiger partial charge in [0.25, 0.3) is 0 Å². The highest BCUT2D eigenvalue weighted by molar-refractivity contribution is 5.82. The first-order valence-corrected chi connectivity index (χ1v) is 8.26. The molecule has 0 aliphatic heterocycles. The molecule has 2 N–H and O–H groups in total. The van der Waals surface area contributed by atoms with Crippen LogP contribution < -0.4 is 5.73 Å². The van der Waals surface area contributed by atoms with Gasteiger partial charge >= 0.3 is 0 Å². The highest BCUT2D eigenvalue weighted by atomic mass is 14.8. The molecule has 3 heteroatoms. The summed E-state index contributed by atoms with van der Waals surface area (Å²) in [4.78, 5) is 4.50. The van der Waals surface area contributed by atoms with Gasteiger partial charge in [0.1, 0.15) is 17.5 Å². The lowest BCUT2D eigenvalue weighted by Crippen LogP contribution is -2.01. The molecule has 3 nitrogen and oxygen atoms in total. The highest BCUT2D eigenvalue weighted by Gasteiger charge is 2.16. The molecule has 0 saturated carbocycles. The molecule has 0 aliphatic carbocycles. The fourth-order valence-electron chi connectivity index (χ4n) is 3.16. The molecule has 124 valence electrons. The molecule has 1 aromatic heterocycles. The molecule has 0 bridgehead atoms. The van der Waals surface area contributed by atoms with Crippen molar-refractivity contribution < 1.29 is 0 Å². The summed E-state index contributed by atoms with van der Waals surface area (Å²) in [5, 5.41) is 9.60. The van der Waals surface area contributed by atoms with Gasteiger partial charge in [-0.25, -0.2) is 4.98 Å². The largest absolute Gasteiger partial charge is 0.383 e. The molecule has 0 spiro atoms. The van der Waals surface area contributed by atoms with Crippen LogP contribution in [0.15, 0.2) is 42.5 Å². The second-order valence-electron chi connectivity index (χ2n) is 6.56. The van der Waals surface area contributed by atoms with E-state index in [1.165, 1.54) is 5.56 Å². The Morgan fingerprint density at radius 1 is 0.800 bits per heavy atom. The maximum Gasteiger partial charge on any atom is 0.142 e. The number of nitrogens with zero attached hydrogens (tertiary/aromatic N) is 2. The summed E-state index contributed by atoms with van der Waals surface area (Å²) in [6.07, 6.45) is 0. The first kappa shape index (κ1) is 16.7. The van der Waals surface area contributed by atoms with Crippen LogP contribution in [-0.2, 0) is 0 Å². The summed E-state index contributed by atoms with van der Waals surface area (Å²) < 4.78 is 0. The molecule has 0 saturated heterocycles. The Labute approximate surface area is 148 Å². The molecule has 3 aromatic rings. The molecule has 0 aliphatic rings. The molecule has 0 radical (unpaired) electrons. The van der Waals surface area contributed by atoms with Crippen LogP contribution in [0, 0.1) is 39.0 Å². The van der Waals surface area contributed by atoms with Crippen molar-refractivity contribution in [2.24, 2.45) is 0 Å². The molecule has 2 aromatic carbocycles. The van der Waals surface area contributed by atoms with Gasteiger partial charge in [0.05, 0.1) is 5.69 Å². The SMILES string of the molecule is Cc1ccc(-c2cc(-c3cc(C)ccc3C)c(C#N)c(N)n2)c(C)c1. The number of nitriles is 1.